The first-order valence-corrected chi connectivity index (χ1v) is 6.69. The summed E-state index contributed by atoms with van der Waals surface area (Å²) in [7, 11) is 0. The molecule has 1 atom stereocenters. The third kappa shape index (κ3) is 2.26. The molecule has 4 heteroatoms. The molecule has 0 aliphatic carbocycles. The highest BCUT2D eigenvalue weighted by Gasteiger charge is 2.20. The lowest BCUT2D eigenvalue weighted by molar-refractivity contribution is 0.0946. The van der Waals surface area contributed by atoms with E-state index in [0.29, 0.717) is 6.54 Å². The minimum absolute atomic E-state index is 0.0182. The molecule has 3 nitrogen and oxygen atoms in total. The number of halogens is 1. The van der Waals surface area contributed by atoms with Gasteiger partial charge in [0.2, 0.25) is 0 Å². The molecule has 1 N–H and O–H groups in total. The van der Waals surface area contributed by atoms with Crippen LogP contribution in [0.25, 0.3) is 0 Å². The zero-order valence-corrected chi connectivity index (χ0v) is 11.3. The van der Waals surface area contributed by atoms with Gasteiger partial charge in [0.15, 0.2) is 0 Å². The van der Waals surface area contributed by atoms with Gasteiger partial charge in [0.1, 0.15) is 5.76 Å². The summed E-state index contributed by atoms with van der Waals surface area (Å²) < 4.78 is 5.28. The molecule has 1 aliphatic rings. The molecular weight excluding hydrogens is 262 g/mol. The van der Waals surface area contributed by atoms with E-state index in [1.165, 1.54) is 0 Å². The summed E-state index contributed by atoms with van der Waals surface area (Å²) in [6.07, 6.45) is 2.53. The number of rotatable bonds is 2. The number of carbonyl (C=O) groups is 1. The molecule has 0 fully saturated rings. The maximum Gasteiger partial charge on any atom is 0.251 e. The van der Waals surface area contributed by atoms with Crippen molar-refractivity contribution in [2.45, 2.75) is 18.7 Å². The van der Waals surface area contributed by atoms with Gasteiger partial charge in [-0.15, -0.1) is 11.6 Å². The molecule has 1 amide bonds. The summed E-state index contributed by atoms with van der Waals surface area (Å²) in [4.78, 5) is 11.8. The Kier molecular flexibility index (Phi) is 3.07. The Morgan fingerprint density at radius 2 is 2.16 bits per heavy atom. The largest absolute Gasteiger partial charge is 0.469 e. The number of benzene rings is 1. The Morgan fingerprint density at radius 1 is 1.32 bits per heavy atom. The Balaban J connectivity index is 1.97. The van der Waals surface area contributed by atoms with Gasteiger partial charge in [0.25, 0.3) is 5.91 Å². The fraction of sp³-hybridized carbons (Fsp3) is 0.267. The molecule has 19 heavy (non-hydrogen) atoms. The molecule has 0 bridgehead atoms. The number of amides is 1. The fourth-order valence-electron chi connectivity index (χ4n) is 2.38. The summed E-state index contributed by atoms with van der Waals surface area (Å²) in [5.41, 5.74) is 3.64. The van der Waals surface area contributed by atoms with Crippen LogP contribution < -0.4 is 5.32 Å². The third-order valence-corrected chi connectivity index (χ3v) is 3.90. The van der Waals surface area contributed by atoms with Crippen molar-refractivity contribution in [2.75, 3.05) is 6.54 Å². The zero-order chi connectivity index (χ0) is 13.4. The van der Waals surface area contributed by atoms with Crippen LogP contribution in [0.1, 0.15) is 38.2 Å². The second-order valence-electron chi connectivity index (χ2n) is 4.78. The molecule has 1 aromatic heterocycles. The molecule has 1 unspecified atom stereocenters. The maximum atomic E-state index is 11.8. The van der Waals surface area contributed by atoms with Gasteiger partial charge >= 0.3 is 0 Å². The number of carbonyl (C=O) groups excluding carboxylic acids is 1. The van der Waals surface area contributed by atoms with E-state index < -0.39 is 0 Å². The number of hydrogen-bond donors (Lipinski definition) is 1. The first-order valence-electron chi connectivity index (χ1n) is 6.25. The lowest BCUT2D eigenvalue weighted by Crippen LogP contribution is -2.31. The van der Waals surface area contributed by atoms with Gasteiger partial charge in [0, 0.05) is 17.7 Å². The van der Waals surface area contributed by atoms with Gasteiger partial charge in [-0.25, -0.2) is 0 Å². The summed E-state index contributed by atoms with van der Waals surface area (Å²) >= 11 is 6.44. The van der Waals surface area contributed by atoms with Crippen LogP contribution in [-0.4, -0.2) is 12.5 Å². The van der Waals surface area contributed by atoms with Crippen molar-refractivity contribution in [2.24, 2.45) is 0 Å². The lowest BCUT2D eigenvalue weighted by Gasteiger charge is -2.18. The summed E-state index contributed by atoms with van der Waals surface area (Å²) in [6, 6.07) is 7.77. The van der Waals surface area contributed by atoms with Crippen LogP contribution in [0, 0.1) is 6.92 Å². The molecule has 2 heterocycles. The lowest BCUT2D eigenvalue weighted by atomic mass is 9.95. The molecule has 2 aromatic rings. The predicted molar refractivity (Wildman–Crippen MR) is 73.6 cm³/mol. The second-order valence-corrected chi connectivity index (χ2v) is 5.21. The third-order valence-electron chi connectivity index (χ3n) is 3.39. The highest BCUT2D eigenvalue weighted by atomic mass is 35.5. The van der Waals surface area contributed by atoms with Crippen LogP contribution in [0.3, 0.4) is 0 Å². The van der Waals surface area contributed by atoms with Crippen molar-refractivity contribution >= 4 is 17.5 Å². The molecule has 0 saturated carbocycles. The number of nitrogens with one attached hydrogen (secondary N) is 1. The molecule has 0 radical (unpaired) electrons. The number of hydrogen-bond acceptors (Lipinski definition) is 2. The molecule has 3 rings (SSSR count). The van der Waals surface area contributed by atoms with E-state index in [4.69, 9.17) is 16.0 Å². The predicted octanol–water partition coefficient (Wildman–Crippen LogP) is 3.20. The first kappa shape index (κ1) is 12.3. The van der Waals surface area contributed by atoms with Gasteiger partial charge in [0.05, 0.1) is 11.6 Å². The van der Waals surface area contributed by atoms with E-state index >= 15 is 0 Å². The van der Waals surface area contributed by atoms with Crippen molar-refractivity contribution in [3.63, 3.8) is 0 Å². The smallest absolute Gasteiger partial charge is 0.251 e. The number of alkyl halides is 1. The average molecular weight is 276 g/mol. The molecule has 0 spiro atoms. The topological polar surface area (TPSA) is 42.2 Å². The van der Waals surface area contributed by atoms with Crippen LogP contribution in [-0.2, 0) is 6.42 Å². The Labute approximate surface area is 116 Å². The standard InChI is InChI=1S/C15H14ClNO2/c1-9-6-12(8-19-9)14(16)11-3-2-10-4-5-17-15(18)13(10)7-11/h2-3,6-8,14H,4-5H2,1H3,(H,17,18). The van der Waals surface area contributed by atoms with Crippen molar-refractivity contribution in [1.82, 2.24) is 5.32 Å². The fourth-order valence-corrected chi connectivity index (χ4v) is 2.63. The highest BCUT2D eigenvalue weighted by Crippen LogP contribution is 2.31. The zero-order valence-electron chi connectivity index (χ0n) is 10.6. The van der Waals surface area contributed by atoms with E-state index in [9.17, 15) is 4.79 Å². The van der Waals surface area contributed by atoms with Crippen LogP contribution in [0.4, 0.5) is 0 Å². The number of furan rings is 1. The maximum absolute atomic E-state index is 11.8. The van der Waals surface area contributed by atoms with Crippen LogP contribution in [0.5, 0.6) is 0 Å². The molecule has 0 saturated heterocycles. The Morgan fingerprint density at radius 3 is 2.89 bits per heavy atom. The van der Waals surface area contributed by atoms with E-state index in [-0.39, 0.29) is 11.3 Å². The normalized spacial score (nSPS) is 15.8. The van der Waals surface area contributed by atoms with Crippen LogP contribution in [0.15, 0.2) is 34.9 Å². The molecular formula is C15H14ClNO2. The van der Waals surface area contributed by atoms with Crippen molar-refractivity contribution in [1.29, 1.82) is 0 Å². The number of fused-ring (bicyclic) bond motifs is 1. The quantitative estimate of drug-likeness (QED) is 0.855. The van der Waals surface area contributed by atoms with Crippen molar-refractivity contribution in [3.8, 4) is 0 Å². The van der Waals surface area contributed by atoms with Crippen molar-refractivity contribution < 1.29 is 9.21 Å². The second kappa shape index (κ2) is 4.74. The highest BCUT2D eigenvalue weighted by molar-refractivity contribution is 6.22. The van der Waals surface area contributed by atoms with Crippen molar-refractivity contribution in [3.05, 3.63) is 58.5 Å². The Hall–Kier alpha value is -1.74. The summed E-state index contributed by atoms with van der Waals surface area (Å²) in [5.74, 6) is 0.812. The van der Waals surface area contributed by atoms with Gasteiger partial charge in [-0.3, -0.25) is 4.79 Å². The van der Waals surface area contributed by atoms with E-state index in [2.05, 4.69) is 5.32 Å². The molecule has 1 aliphatic heterocycles. The summed E-state index contributed by atoms with van der Waals surface area (Å²) in [6.45, 7) is 2.59. The van der Waals surface area contributed by atoms with Gasteiger partial charge in [-0.2, -0.15) is 0 Å². The molecule has 1 aromatic carbocycles. The monoisotopic (exact) mass is 275 g/mol. The summed E-state index contributed by atoms with van der Waals surface area (Å²) in [5, 5.41) is 2.55. The van der Waals surface area contributed by atoms with Crippen LogP contribution in [0.2, 0.25) is 0 Å². The van der Waals surface area contributed by atoms with E-state index in [0.717, 1.165) is 34.4 Å². The van der Waals surface area contributed by atoms with Crippen LogP contribution >= 0.6 is 11.6 Å². The minimum atomic E-state index is -0.294. The first-order chi connectivity index (χ1) is 9.15. The average Bonchev–Trinajstić information content (AvgIpc) is 2.85. The SMILES string of the molecule is Cc1cc(C(Cl)c2ccc3c(c2)C(=O)NCC3)co1. The van der Waals surface area contributed by atoms with Gasteiger partial charge < -0.3 is 9.73 Å². The van der Waals surface area contributed by atoms with Gasteiger partial charge in [-0.05, 0) is 36.6 Å². The molecule has 98 valence electrons. The number of aryl methyl sites for hydroxylation is 1. The van der Waals surface area contributed by atoms with E-state index in [1.807, 2.05) is 31.2 Å². The van der Waals surface area contributed by atoms with Gasteiger partial charge in [-0.1, -0.05) is 12.1 Å². The Bertz CT molecular complexity index is 633. The minimum Gasteiger partial charge on any atom is -0.469 e. The van der Waals surface area contributed by atoms with E-state index in [1.54, 1.807) is 6.26 Å².